The van der Waals surface area contributed by atoms with Gasteiger partial charge in [0.2, 0.25) is 0 Å². The van der Waals surface area contributed by atoms with Crippen LogP contribution in [0.5, 0.6) is 5.75 Å². The molecule has 1 aromatic rings. The minimum Gasteiger partial charge on any atom is -0.481 e. The van der Waals surface area contributed by atoms with E-state index in [9.17, 15) is 4.79 Å². The molecule has 1 fully saturated rings. The second-order valence-corrected chi connectivity index (χ2v) is 6.34. The Kier molecular flexibility index (Phi) is 6.99. The van der Waals surface area contributed by atoms with Crippen LogP contribution in [-0.2, 0) is 4.79 Å². The van der Waals surface area contributed by atoms with Crippen LogP contribution in [-0.4, -0.2) is 35.1 Å². The van der Waals surface area contributed by atoms with Gasteiger partial charge in [-0.05, 0) is 43.1 Å². The van der Waals surface area contributed by atoms with E-state index < -0.39 is 12.6 Å². The van der Waals surface area contributed by atoms with E-state index in [0.717, 1.165) is 6.42 Å². The van der Waals surface area contributed by atoms with Crippen LogP contribution >= 0.6 is 12.2 Å². The molecular weight excluding hydrogens is 326 g/mol. The molecule has 0 saturated heterocycles. The van der Waals surface area contributed by atoms with Crippen molar-refractivity contribution in [2.24, 2.45) is 11.0 Å². The van der Waals surface area contributed by atoms with Gasteiger partial charge in [0.25, 0.3) is 0 Å². The van der Waals surface area contributed by atoms with E-state index in [0.29, 0.717) is 28.4 Å². The molecule has 0 aromatic heterocycles. The molecule has 1 aliphatic carbocycles. The third-order valence-electron chi connectivity index (χ3n) is 4.07. The van der Waals surface area contributed by atoms with Crippen LogP contribution in [0.2, 0.25) is 0 Å². The number of nitrogens with zero attached hydrogens (tertiary/aromatic N) is 1. The SMILES string of the molecule is C[C@H]1CCCC[C@H]1NC(=S)N/N=C\c1ccccc1OCC(=O)O. The fourth-order valence-corrected chi connectivity index (χ4v) is 2.95. The lowest BCUT2D eigenvalue weighted by molar-refractivity contribution is -0.139. The summed E-state index contributed by atoms with van der Waals surface area (Å²) in [7, 11) is 0. The van der Waals surface area contributed by atoms with E-state index >= 15 is 0 Å². The zero-order valence-corrected chi connectivity index (χ0v) is 14.5. The number of ether oxygens (including phenoxy) is 1. The van der Waals surface area contributed by atoms with Crippen molar-refractivity contribution in [3.8, 4) is 5.75 Å². The number of hydrazone groups is 1. The number of hydrogen-bond donors (Lipinski definition) is 3. The summed E-state index contributed by atoms with van der Waals surface area (Å²) in [5.74, 6) is 0.0460. The standard InChI is InChI=1S/C17H23N3O3S/c1-12-6-2-4-8-14(12)19-17(24)20-18-10-13-7-3-5-9-15(13)23-11-16(21)22/h3,5,7,9-10,12,14H,2,4,6,8,11H2,1H3,(H,21,22)(H2,19,20,24)/b18-10-/t12-,14+/m0/s1. The molecule has 0 bridgehead atoms. The lowest BCUT2D eigenvalue weighted by Gasteiger charge is -2.30. The molecule has 0 heterocycles. The van der Waals surface area contributed by atoms with Gasteiger partial charge in [-0.2, -0.15) is 5.10 Å². The number of carboxylic acids is 1. The maximum absolute atomic E-state index is 10.6. The van der Waals surface area contributed by atoms with Crippen molar-refractivity contribution in [3.63, 3.8) is 0 Å². The number of hydrogen-bond acceptors (Lipinski definition) is 4. The molecule has 1 aliphatic rings. The van der Waals surface area contributed by atoms with Crippen molar-refractivity contribution in [2.75, 3.05) is 6.61 Å². The van der Waals surface area contributed by atoms with E-state index in [1.807, 2.05) is 6.07 Å². The number of benzene rings is 1. The van der Waals surface area contributed by atoms with Crippen LogP contribution in [0.1, 0.15) is 38.2 Å². The molecule has 2 rings (SSSR count). The summed E-state index contributed by atoms with van der Waals surface area (Å²) in [5.41, 5.74) is 3.49. The number of aliphatic carboxylic acids is 1. The Morgan fingerprint density at radius 2 is 2.17 bits per heavy atom. The van der Waals surface area contributed by atoms with Gasteiger partial charge in [0.15, 0.2) is 11.7 Å². The van der Waals surface area contributed by atoms with Crippen molar-refractivity contribution in [3.05, 3.63) is 29.8 Å². The first-order valence-corrected chi connectivity index (χ1v) is 8.50. The van der Waals surface area contributed by atoms with Crippen LogP contribution in [0, 0.1) is 5.92 Å². The quantitative estimate of drug-likeness (QED) is 0.416. The molecule has 2 atom stereocenters. The van der Waals surface area contributed by atoms with Gasteiger partial charge < -0.3 is 15.2 Å². The van der Waals surface area contributed by atoms with E-state index in [4.69, 9.17) is 22.1 Å². The Bertz CT molecular complexity index is 606. The topological polar surface area (TPSA) is 83.0 Å². The van der Waals surface area contributed by atoms with Crippen LogP contribution in [0.4, 0.5) is 0 Å². The fourth-order valence-electron chi connectivity index (χ4n) is 2.75. The number of nitrogens with one attached hydrogen (secondary N) is 2. The molecule has 0 aliphatic heterocycles. The van der Waals surface area contributed by atoms with E-state index in [1.165, 1.54) is 19.3 Å². The first-order valence-electron chi connectivity index (χ1n) is 8.09. The van der Waals surface area contributed by atoms with Crippen molar-refractivity contribution in [1.29, 1.82) is 0 Å². The minimum atomic E-state index is -1.02. The highest BCUT2D eigenvalue weighted by molar-refractivity contribution is 7.80. The summed E-state index contributed by atoms with van der Waals surface area (Å²) in [6.45, 7) is 1.84. The number of para-hydroxylation sites is 1. The van der Waals surface area contributed by atoms with Gasteiger partial charge in [0.1, 0.15) is 5.75 Å². The molecule has 0 spiro atoms. The molecule has 0 amide bonds. The number of rotatable bonds is 6. The van der Waals surface area contributed by atoms with Gasteiger partial charge in [0, 0.05) is 11.6 Å². The zero-order valence-electron chi connectivity index (χ0n) is 13.7. The normalized spacial score (nSPS) is 20.5. The fraction of sp³-hybridized carbons (Fsp3) is 0.471. The summed E-state index contributed by atoms with van der Waals surface area (Å²) in [6.07, 6.45) is 6.42. The van der Waals surface area contributed by atoms with E-state index in [1.54, 1.807) is 24.4 Å². The molecule has 24 heavy (non-hydrogen) atoms. The monoisotopic (exact) mass is 349 g/mol. The molecule has 0 unspecified atom stereocenters. The van der Waals surface area contributed by atoms with Crippen molar-refractivity contribution in [1.82, 2.24) is 10.7 Å². The van der Waals surface area contributed by atoms with Crippen molar-refractivity contribution in [2.45, 2.75) is 38.6 Å². The zero-order chi connectivity index (χ0) is 17.4. The van der Waals surface area contributed by atoms with Crippen LogP contribution in [0.3, 0.4) is 0 Å². The molecular formula is C17H23N3O3S. The molecule has 3 N–H and O–H groups in total. The highest BCUT2D eigenvalue weighted by Gasteiger charge is 2.21. The Labute approximate surface area is 147 Å². The maximum Gasteiger partial charge on any atom is 0.341 e. The van der Waals surface area contributed by atoms with E-state index in [2.05, 4.69) is 22.8 Å². The van der Waals surface area contributed by atoms with Crippen molar-refractivity contribution < 1.29 is 14.6 Å². The number of thiocarbonyl (C=S) groups is 1. The maximum atomic E-state index is 10.6. The lowest BCUT2D eigenvalue weighted by Crippen LogP contribution is -2.44. The van der Waals surface area contributed by atoms with Gasteiger partial charge in [-0.15, -0.1) is 0 Å². The second-order valence-electron chi connectivity index (χ2n) is 5.93. The van der Waals surface area contributed by atoms with Crippen LogP contribution in [0.15, 0.2) is 29.4 Å². The van der Waals surface area contributed by atoms with Gasteiger partial charge in [0.05, 0.1) is 6.21 Å². The largest absolute Gasteiger partial charge is 0.481 e. The molecule has 7 heteroatoms. The molecule has 1 aromatic carbocycles. The Balaban J connectivity index is 1.86. The molecule has 1 saturated carbocycles. The third kappa shape index (κ3) is 5.81. The Morgan fingerprint density at radius 1 is 1.42 bits per heavy atom. The number of carboxylic acid groups (broad SMARTS) is 1. The summed E-state index contributed by atoms with van der Waals surface area (Å²) >= 11 is 5.28. The van der Waals surface area contributed by atoms with Crippen LogP contribution < -0.4 is 15.5 Å². The lowest BCUT2D eigenvalue weighted by atomic mass is 9.86. The predicted molar refractivity (Wildman–Crippen MR) is 97.5 cm³/mol. The Hall–Kier alpha value is -2.15. The Morgan fingerprint density at radius 3 is 2.92 bits per heavy atom. The van der Waals surface area contributed by atoms with Gasteiger partial charge in [-0.1, -0.05) is 31.9 Å². The van der Waals surface area contributed by atoms with Gasteiger partial charge in [-0.3, -0.25) is 5.43 Å². The van der Waals surface area contributed by atoms with Crippen molar-refractivity contribution >= 4 is 29.5 Å². The predicted octanol–water partition coefficient (Wildman–Crippen LogP) is 2.53. The van der Waals surface area contributed by atoms with Crippen LogP contribution in [0.25, 0.3) is 0 Å². The highest BCUT2D eigenvalue weighted by Crippen LogP contribution is 2.23. The number of carbonyl (C=O) groups is 1. The third-order valence-corrected chi connectivity index (χ3v) is 4.28. The average Bonchev–Trinajstić information content (AvgIpc) is 2.56. The molecule has 6 nitrogen and oxygen atoms in total. The van der Waals surface area contributed by atoms with Gasteiger partial charge >= 0.3 is 5.97 Å². The first kappa shape index (κ1) is 18.2. The van der Waals surface area contributed by atoms with E-state index in [-0.39, 0.29) is 0 Å². The average molecular weight is 349 g/mol. The summed E-state index contributed by atoms with van der Waals surface area (Å²) in [6, 6.07) is 7.49. The second kappa shape index (κ2) is 9.22. The summed E-state index contributed by atoms with van der Waals surface area (Å²) < 4.78 is 5.22. The minimum absolute atomic E-state index is 0.389. The highest BCUT2D eigenvalue weighted by atomic mass is 32.1. The summed E-state index contributed by atoms with van der Waals surface area (Å²) in [4.78, 5) is 10.6. The summed E-state index contributed by atoms with van der Waals surface area (Å²) in [5, 5.41) is 16.6. The first-order chi connectivity index (χ1) is 11.6. The van der Waals surface area contributed by atoms with Gasteiger partial charge in [-0.25, -0.2) is 4.79 Å². The smallest absolute Gasteiger partial charge is 0.341 e. The molecule has 130 valence electrons. The molecule has 0 radical (unpaired) electrons.